The largest absolute Gasteiger partial charge is 0.314 e. The molecule has 0 amide bonds. The first kappa shape index (κ1) is 13.1. The topological polar surface area (TPSA) is 12.0 Å². The van der Waals surface area contributed by atoms with E-state index in [-0.39, 0.29) is 0 Å². The highest BCUT2D eigenvalue weighted by Gasteiger charge is 2.22. The van der Waals surface area contributed by atoms with Crippen molar-refractivity contribution in [3.63, 3.8) is 0 Å². The van der Waals surface area contributed by atoms with Gasteiger partial charge in [0.05, 0.1) is 0 Å². The molecule has 1 aliphatic rings. The van der Waals surface area contributed by atoms with E-state index >= 15 is 0 Å². The number of nitrogens with one attached hydrogen (secondary N) is 1. The van der Waals surface area contributed by atoms with Gasteiger partial charge in [0.15, 0.2) is 0 Å². The molecule has 2 atom stereocenters. The lowest BCUT2D eigenvalue weighted by Gasteiger charge is -2.21. The van der Waals surface area contributed by atoms with Gasteiger partial charge < -0.3 is 5.32 Å². The molecule has 1 aromatic rings. The molecule has 1 aromatic heterocycles. The summed E-state index contributed by atoms with van der Waals surface area (Å²) >= 11 is 1.90. The Hall–Kier alpha value is -0.340. The van der Waals surface area contributed by atoms with Crippen molar-refractivity contribution in [3.05, 3.63) is 21.9 Å². The van der Waals surface area contributed by atoms with Crippen molar-refractivity contribution >= 4 is 11.3 Å². The van der Waals surface area contributed by atoms with Crippen LogP contribution in [0, 0.1) is 6.92 Å². The number of hydrogen-bond donors (Lipinski definition) is 1. The Kier molecular flexibility index (Phi) is 5.05. The van der Waals surface area contributed by atoms with E-state index < -0.39 is 0 Å². The second kappa shape index (κ2) is 6.55. The van der Waals surface area contributed by atoms with Crippen molar-refractivity contribution in [1.82, 2.24) is 5.32 Å². The lowest BCUT2D eigenvalue weighted by atomic mass is 9.91. The Bertz CT molecular complexity index is 331. The number of rotatable bonds is 4. The minimum atomic E-state index is 0.752. The fourth-order valence-corrected chi connectivity index (χ4v) is 3.78. The first-order valence-electron chi connectivity index (χ1n) is 7.08. The Morgan fingerprint density at radius 1 is 1.35 bits per heavy atom. The molecule has 0 bridgehead atoms. The average Bonchev–Trinajstić information content (AvgIpc) is 2.63. The highest BCUT2D eigenvalue weighted by molar-refractivity contribution is 7.10. The van der Waals surface area contributed by atoms with Crippen molar-refractivity contribution in [2.45, 2.75) is 64.3 Å². The fourth-order valence-electron chi connectivity index (χ4n) is 3.00. The standard InChI is InChI=1S/C15H25NS/c1-3-9-16-14-7-5-4-6-13(11-14)15-8-10-17-12(15)2/h8,10,13-14,16H,3-7,9,11H2,1-2H3. The van der Waals surface area contributed by atoms with Crippen LogP contribution < -0.4 is 5.32 Å². The van der Waals surface area contributed by atoms with Crippen LogP contribution >= 0.6 is 11.3 Å². The maximum absolute atomic E-state index is 3.73. The van der Waals surface area contributed by atoms with E-state index in [0.29, 0.717) is 0 Å². The van der Waals surface area contributed by atoms with Gasteiger partial charge in [-0.25, -0.2) is 0 Å². The summed E-state index contributed by atoms with van der Waals surface area (Å²) in [4.78, 5) is 1.53. The summed E-state index contributed by atoms with van der Waals surface area (Å²) in [7, 11) is 0. The molecule has 96 valence electrons. The molecular weight excluding hydrogens is 226 g/mol. The molecule has 0 spiro atoms. The molecule has 1 saturated carbocycles. The molecule has 0 saturated heterocycles. The van der Waals surface area contributed by atoms with Gasteiger partial charge in [-0.2, -0.15) is 0 Å². The molecule has 0 radical (unpaired) electrons. The zero-order valence-electron chi connectivity index (χ0n) is 11.2. The van der Waals surface area contributed by atoms with Crippen molar-refractivity contribution in [2.75, 3.05) is 6.54 Å². The van der Waals surface area contributed by atoms with Gasteiger partial charge in [-0.1, -0.05) is 19.8 Å². The third-order valence-electron chi connectivity index (χ3n) is 3.95. The van der Waals surface area contributed by atoms with Crippen molar-refractivity contribution in [2.24, 2.45) is 0 Å². The molecule has 1 aliphatic carbocycles. The predicted octanol–water partition coefficient (Wildman–Crippen LogP) is 4.47. The molecule has 0 aliphatic heterocycles. The Labute approximate surface area is 110 Å². The predicted molar refractivity (Wildman–Crippen MR) is 77.0 cm³/mol. The molecule has 1 N–H and O–H groups in total. The zero-order valence-corrected chi connectivity index (χ0v) is 12.0. The SMILES string of the molecule is CCCNC1CCCCC(c2ccsc2C)C1. The van der Waals surface area contributed by atoms with E-state index in [0.717, 1.165) is 12.0 Å². The summed E-state index contributed by atoms with van der Waals surface area (Å²) in [5.74, 6) is 0.804. The van der Waals surface area contributed by atoms with Crippen LogP contribution in [-0.4, -0.2) is 12.6 Å². The quantitative estimate of drug-likeness (QED) is 0.778. The summed E-state index contributed by atoms with van der Waals surface area (Å²) in [6.45, 7) is 5.71. The van der Waals surface area contributed by atoms with E-state index in [9.17, 15) is 0 Å². The second-order valence-corrected chi connectivity index (χ2v) is 6.42. The van der Waals surface area contributed by atoms with Gasteiger partial charge >= 0.3 is 0 Å². The van der Waals surface area contributed by atoms with Crippen molar-refractivity contribution < 1.29 is 0 Å². The first-order valence-corrected chi connectivity index (χ1v) is 7.96. The van der Waals surface area contributed by atoms with Crippen LogP contribution in [0.25, 0.3) is 0 Å². The number of aryl methyl sites for hydroxylation is 1. The normalized spacial score (nSPS) is 25.8. The Morgan fingerprint density at radius 2 is 2.18 bits per heavy atom. The minimum Gasteiger partial charge on any atom is -0.314 e. The summed E-state index contributed by atoms with van der Waals surface area (Å²) in [5, 5.41) is 5.98. The molecular formula is C15H25NS. The summed E-state index contributed by atoms with van der Waals surface area (Å²) < 4.78 is 0. The van der Waals surface area contributed by atoms with Gasteiger partial charge in [-0.3, -0.25) is 0 Å². The van der Waals surface area contributed by atoms with Gasteiger partial charge in [-0.05, 0) is 62.1 Å². The molecule has 1 fully saturated rings. The lowest BCUT2D eigenvalue weighted by molar-refractivity contribution is 0.439. The molecule has 0 aromatic carbocycles. The van der Waals surface area contributed by atoms with Crippen LogP contribution in [0.1, 0.15) is 61.8 Å². The van der Waals surface area contributed by atoms with Crippen LogP contribution in [-0.2, 0) is 0 Å². The van der Waals surface area contributed by atoms with E-state index in [1.165, 1.54) is 49.9 Å². The summed E-state index contributed by atoms with van der Waals surface area (Å²) in [6, 6.07) is 3.11. The van der Waals surface area contributed by atoms with E-state index in [1.807, 2.05) is 11.3 Å². The average molecular weight is 251 g/mol. The first-order chi connectivity index (χ1) is 8.31. The minimum absolute atomic E-state index is 0.752. The highest BCUT2D eigenvalue weighted by Crippen LogP contribution is 2.35. The smallest absolute Gasteiger partial charge is 0.00728 e. The molecule has 2 heteroatoms. The molecule has 1 nitrogen and oxygen atoms in total. The van der Waals surface area contributed by atoms with Crippen molar-refractivity contribution in [3.8, 4) is 0 Å². The van der Waals surface area contributed by atoms with Crippen LogP contribution in [0.3, 0.4) is 0 Å². The van der Waals surface area contributed by atoms with Crippen molar-refractivity contribution in [1.29, 1.82) is 0 Å². The van der Waals surface area contributed by atoms with Gasteiger partial charge in [0.25, 0.3) is 0 Å². The van der Waals surface area contributed by atoms with Crippen LogP contribution in [0.4, 0.5) is 0 Å². The van der Waals surface area contributed by atoms with Gasteiger partial charge in [-0.15, -0.1) is 11.3 Å². The maximum Gasteiger partial charge on any atom is 0.00728 e. The van der Waals surface area contributed by atoms with Crippen LogP contribution in [0.15, 0.2) is 11.4 Å². The van der Waals surface area contributed by atoms with Crippen LogP contribution in [0.5, 0.6) is 0 Å². The fraction of sp³-hybridized carbons (Fsp3) is 0.733. The lowest BCUT2D eigenvalue weighted by Crippen LogP contribution is -2.30. The van der Waals surface area contributed by atoms with Gasteiger partial charge in [0, 0.05) is 10.9 Å². The van der Waals surface area contributed by atoms with E-state index in [1.54, 1.807) is 5.56 Å². The Morgan fingerprint density at radius 3 is 2.88 bits per heavy atom. The van der Waals surface area contributed by atoms with Gasteiger partial charge in [0.1, 0.15) is 0 Å². The number of hydrogen-bond acceptors (Lipinski definition) is 2. The molecule has 2 unspecified atom stereocenters. The van der Waals surface area contributed by atoms with E-state index in [4.69, 9.17) is 0 Å². The summed E-state index contributed by atoms with van der Waals surface area (Å²) in [5.41, 5.74) is 1.63. The molecule has 1 heterocycles. The zero-order chi connectivity index (χ0) is 12.1. The number of thiophene rings is 1. The van der Waals surface area contributed by atoms with E-state index in [2.05, 4.69) is 30.6 Å². The maximum atomic E-state index is 3.73. The molecule has 17 heavy (non-hydrogen) atoms. The third-order valence-corrected chi connectivity index (χ3v) is 4.81. The van der Waals surface area contributed by atoms with Crippen LogP contribution in [0.2, 0.25) is 0 Å². The highest BCUT2D eigenvalue weighted by atomic mass is 32.1. The Balaban J connectivity index is 1.99. The second-order valence-electron chi connectivity index (χ2n) is 5.30. The monoisotopic (exact) mass is 251 g/mol. The third kappa shape index (κ3) is 3.56. The summed E-state index contributed by atoms with van der Waals surface area (Å²) in [6.07, 6.45) is 8.17. The molecule has 2 rings (SSSR count). The van der Waals surface area contributed by atoms with Gasteiger partial charge in [0.2, 0.25) is 0 Å².